The number of primary amides is 1. The fraction of sp³-hybridized carbons (Fsp3) is 0.562. The van der Waals surface area contributed by atoms with Gasteiger partial charge in [-0.25, -0.2) is 0 Å². The molecule has 1 aromatic carbocycles. The van der Waals surface area contributed by atoms with Crippen molar-refractivity contribution in [3.63, 3.8) is 0 Å². The van der Waals surface area contributed by atoms with Crippen LogP contribution in [0.1, 0.15) is 39.0 Å². The normalized spacial score (nSPS) is 26.0. The Morgan fingerprint density at radius 1 is 1.40 bits per heavy atom. The summed E-state index contributed by atoms with van der Waals surface area (Å²) in [7, 11) is 1.63. The van der Waals surface area contributed by atoms with Crippen LogP contribution in [0.3, 0.4) is 0 Å². The van der Waals surface area contributed by atoms with Crippen LogP contribution in [0.25, 0.3) is 0 Å². The molecule has 0 heterocycles. The van der Waals surface area contributed by atoms with Gasteiger partial charge in [0.05, 0.1) is 12.8 Å². The summed E-state index contributed by atoms with van der Waals surface area (Å²) < 4.78 is 5.34. The number of carbonyl (C=O) groups is 1. The van der Waals surface area contributed by atoms with Crippen molar-refractivity contribution in [2.24, 2.45) is 11.7 Å². The van der Waals surface area contributed by atoms with Crippen LogP contribution in [0, 0.1) is 5.92 Å². The van der Waals surface area contributed by atoms with Gasteiger partial charge in [-0.1, -0.05) is 25.5 Å². The average Bonchev–Trinajstić information content (AvgIpc) is 2.48. The smallest absolute Gasteiger partial charge is 0.243 e. The highest BCUT2D eigenvalue weighted by atomic mass is 16.5. The Morgan fingerprint density at radius 2 is 2.05 bits per heavy atom. The number of methoxy groups -OCH3 is 1. The highest BCUT2D eigenvalue weighted by Crippen LogP contribution is 2.37. The molecule has 1 saturated carbocycles. The largest absolute Gasteiger partial charge is 0.495 e. The SMILES string of the molecule is CCC1CCC(Nc2ccccc2OC)(C(N)=O)CC1. The van der Waals surface area contributed by atoms with E-state index in [2.05, 4.69) is 12.2 Å². The monoisotopic (exact) mass is 276 g/mol. The van der Waals surface area contributed by atoms with Crippen molar-refractivity contribution in [2.45, 2.75) is 44.6 Å². The Balaban J connectivity index is 2.20. The van der Waals surface area contributed by atoms with E-state index in [1.807, 2.05) is 24.3 Å². The second-order valence-corrected chi connectivity index (χ2v) is 5.62. The van der Waals surface area contributed by atoms with Gasteiger partial charge in [-0.05, 0) is 43.7 Å². The molecule has 1 aliphatic carbocycles. The van der Waals surface area contributed by atoms with Crippen molar-refractivity contribution in [2.75, 3.05) is 12.4 Å². The Morgan fingerprint density at radius 3 is 2.60 bits per heavy atom. The van der Waals surface area contributed by atoms with Gasteiger partial charge >= 0.3 is 0 Å². The van der Waals surface area contributed by atoms with Crippen LogP contribution in [-0.2, 0) is 4.79 Å². The van der Waals surface area contributed by atoms with E-state index in [0.717, 1.165) is 37.1 Å². The molecule has 1 aliphatic rings. The molecule has 0 aromatic heterocycles. The third kappa shape index (κ3) is 2.89. The van der Waals surface area contributed by atoms with Crippen LogP contribution < -0.4 is 15.8 Å². The number of benzene rings is 1. The molecule has 20 heavy (non-hydrogen) atoms. The quantitative estimate of drug-likeness (QED) is 0.869. The van der Waals surface area contributed by atoms with Gasteiger partial charge in [0.15, 0.2) is 0 Å². The number of amides is 1. The Bertz CT molecular complexity index is 465. The van der Waals surface area contributed by atoms with Crippen molar-refractivity contribution >= 4 is 11.6 Å². The van der Waals surface area contributed by atoms with E-state index < -0.39 is 5.54 Å². The number of nitrogens with one attached hydrogen (secondary N) is 1. The highest BCUT2D eigenvalue weighted by molar-refractivity contribution is 5.88. The van der Waals surface area contributed by atoms with Gasteiger partial charge in [0.25, 0.3) is 0 Å². The van der Waals surface area contributed by atoms with Crippen LogP contribution in [0.5, 0.6) is 5.75 Å². The molecule has 0 aliphatic heterocycles. The molecule has 1 amide bonds. The molecule has 0 atom stereocenters. The Kier molecular flexibility index (Phi) is 4.53. The van der Waals surface area contributed by atoms with E-state index in [0.29, 0.717) is 5.92 Å². The van der Waals surface area contributed by atoms with Gasteiger partial charge in [-0.2, -0.15) is 0 Å². The first-order valence-electron chi connectivity index (χ1n) is 7.32. The van der Waals surface area contributed by atoms with Crippen molar-refractivity contribution in [3.8, 4) is 5.75 Å². The van der Waals surface area contributed by atoms with Crippen LogP contribution in [0.2, 0.25) is 0 Å². The first kappa shape index (κ1) is 14.7. The van der Waals surface area contributed by atoms with E-state index in [1.165, 1.54) is 6.42 Å². The van der Waals surface area contributed by atoms with Gasteiger partial charge in [0.1, 0.15) is 11.3 Å². The number of carbonyl (C=O) groups excluding carboxylic acids is 1. The summed E-state index contributed by atoms with van der Waals surface area (Å²) in [6.45, 7) is 2.20. The van der Waals surface area contributed by atoms with Crippen LogP contribution in [0.4, 0.5) is 5.69 Å². The fourth-order valence-corrected chi connectivity index (χ4v) is 3.02. The molecule has 0 bridgehead atoms. The van der Waals surface area contributed by atoms with Crippen LogP contribution >= 0.6 is 0 Å². The first-order chi connectivity index (χ1) is 9.61. The fourth-order valence-electron chi connectivity index (χ4n) is 3.02. The minimum Gasteiger partial charge on any atom is -0.495 e. The second-order valence-electron chi connectivity index (χ2n) is 5.62. The highest BCUT2D eigenvalue weighted by Gasteiger charge is 2.40. The average molecular weight is 276 g/mol. The molecule has 2 rings (SSSR count). The van der Waals surface area contributed by atoms with Gasteiger partial charge in [-0.15, -0.1) is 0 Å². The number of ether oxygens (including phenoxy) is 1. The molecule has 3 N–H and O–H groups in total. The summed E-state index contributed by atoms with van der Waals surface area (Å²) in [6, 6.07) is 7.65. The predicted octanol–water partition coefficient (Wildman–Crippen LogP) is 2.93. The van der Waals surface area contributed by atoms with Gasteiger partial charge in [0.2, 0.25) is 5.91 Å². The Labute approximate surface area is 120 Å². The zero-order chi connectivity index (χ0) is 14.6. The zero-order valence-corrected chi connectivity index (χ0v) is 12.3. The van der Waals surface area contributed by atoms with Crippen molar-refractivity contribution in [3.05, 3.63) is 24.3 Å². The lowest BCUT2D eigenvalue weighted by molar-refractivity contribution is -0.123. The lowest BCUT2D eigenvalue weighted by Crippen LogP contribution is -2.52. The third-order valence-corrected chi connectivity index (χ3v) is 4.49. The Hall–Kier alpha value is -1.71. The molecule has 0 saturated heterocycles. The second kappa shape index (κ2) is 6.16. The lowest BCUT2D eigenvalue weighted by atomic mass is 9.75. The summed E-state index contributed by atoms with van der Waals surface area (Å²) in [5.41, 5.74) is 5.88. The first-order valence-corrected chi connectivity index (χ1v) is 7.32. The van der Waals surface area contributed by atoms with Crippen molar-refractivity contribution in [1.82, 2.24) is 0 Å². The number of rotatable bonds is 5. The maximum atomic E-state index is 12.0. The van der Waals surface area contributed by atoms with E-state index in [-0.39, 0.29) is 5.91 Å². The maximum Gasteiger partial charge on any atom is 0.243 e. The number of hydrogen-bond acceptors (Lipinski definition) is 3. The summed E-state index contributed by atoms with van der Waals surface area (Å²) in [5.74, 6) is 1.19. The summed E-state index contributed by atoms with van der Waals surface area (Å²) in [5, 5.41) is 3.36. The van der Waals surface area contributed by atoms with Crippen LogP contribution in [-0.4, -0.2) is 18.6 Å². The van der Waals surface area contributed by atoms with E-state index in [4.69, 9.17) is 10.5 Å². The number of anilines is 1. The molecular formula is C16H24N2O2. The summed E-state index contributed by atoms with van der Waals surface area (Å²) in [4.78, 5) is 12.0. The minimum atomic E-state index is -0.639. The summed E-state index contributed by atoms with van der Waals surface area (Å²) in [6.07, 6.45) is 4.84. The van der Waals surface area contributed by atoms with E-state index in [1.54, 1.807) is 7.11 Å². The molecular weight excluding hydrogens is 252 g/mol. The predicted molar refractivity (Wildman–Crippen MR) is 80.8 cm³/mol. The van der Waals surface area contributed by atoms with Gasteiger partial charge in [-0.3, -0.25) is 4.79 Å². The molecule has 1 aromatic rings. The number of hydrogen-bond donors (Lipinski definition) is 2. The molecule has 1 fully saturated rings. The third-order valence-electron chi connectivity index (χ3n) is 4.49. The van der Waals surface area contributed by atoms with Gasteiger partial charge in [0, 0.05) is 0 Å². The zero-order valence-electron chi connectivity index (χ0n) is 12.3. The molecule has 0 radical (unpaired) electrons. The molecule has 110 valence electrons. The number of nitrogens with two attached hydrogens (primary N) is 1. The van der Waals surface area contributed by atoms with E-state index >= 15 is 0 Å². The minimum absolute atomic E-state index is 0.266. The van der Waals surface area contributed by atoms with E-state index in [9.17, 15) is 4.79 Å². The van der Waals surface area contributed by atoms with Crippen molar-refractivity contribution < 1.29 is 9.53 Å². The molecule has 0 spiro atoms. The molecule has 0 unspecified atom stereocenters. The molecule has 4 heteroatoms. The number of para-hydroxylation sites is 2. The molecule has 4 nitrogen and oxygen atoms in total. The standard InChI is InChI=1S/C16H24N2O2/c1-3-12-8-10-16(11-9-12,15(17)19)18-13-6-4-5-7-14(13)20-2/h4-7,12,18H,3,8-11H2,1-2H3,(H2,17,19). The topological polar surface area (TPSA) is 64.3 Å². The van der Waals surface area contributed by atoms with Crippen LogP contribution in [0.15, 0.2) is 24.3 Å². The lowest BCUT2D eigenvalue weighted by Gasteiger charge is -2.39. The van der Waals surface area contributed by atoms with Gasteiger partial charge < -0.3 is 15.8 Å². The maximum absolute atomic E-state index is 12.0. The van der Waals surface area contributed by atoms with Crippen molar-refractivity contribution in [1.29, 1.82) is 0 Å². The summed E-state index contributed by atoms with van der Waals surface area (Å²) >= 11 is 0.